The summed E-state index contributed by atoms with van der Waals surface area (Å²) in [5.74, 6) is 0. The second kappa shape index (κ2) is 3.21. The Balaban J connectivity index is 2.16. The maximum absolute atomic E-state index is 5.44. The van der Waals surface area contributed by atoms with Gasteiger partial charge in [0.05, 0.1) is 0 Å². The third kappa shape index (κ3) is 1.20. The van der Waals surface area contributed by atoms with Gasteiger partial charge in [0, 0.05) is 7.11 Å². The molecule has 0 N–H and O–H groups in total. The highest BCUT2D eigenvalue weighted by Gasteiger charge is 2.24. The Labute approximate surface area is 89.4 Å². The van der Waals surface area contributed by atoms with Crippen molar-refractivity contribution in [3.05, 3.63) is 59.2 Å². The highest BCUT2D eigenvalue weighted by Crippen LogP contribution is 2.39. The van der Waals surface area contributed by atoms with Crippen LogP contribution >= 0.6 is 0 Å². The summed E-state index contributed by atoms with van der Waals surface area (Å²) in [6, 6.07) is 8.46. The molecule has 0 aromatic heterocycles. The van der Waals surface area contributed by atoms with Crippen LogP contribution in [0.5, 0.6) is 0 Å². The molecule has 0 heterocycles. The molecule has 0 bridgehead atoms. The van der Waals surface area contributed by atoms with Gasteiger partial charge in [-0.15, -0.1) is 0 Å². The highest BCUT2D eigenvalue weighted by molar-refractivity contribution is 5.97. The second-order valence-electron chi connectivity index (χ2n) is 3.81. The molecule has 1 nitrogen and oxygen atoms in total. The van der Waals surface area contributed by atoms with Crippen molar-refractivity contribution in [3.8, 4) is 0 Å². The van der Waals surface area contributed by atoms with Crippen LogP contribution in [-0.2, 0) is 4.74 Å². The van der Waals surface area contributed by atoms with E-state index in [9.17, 15) is 0 Å². The van der Waals surface area contributed by atoms with Gasteiger partial charge in [-0.3, -0.25) is 0 Å². The Morgan fingerprint density at radius 2 is 2.07 bits per heavy atom. The van der Waals surface area contributed by atoms with Gasteiger partial charge in [-0.05, 0) is 28.3 Å². The first-order valence-electron chi connectivity index (χ1n) is 5.13. The average Bonchev–Trinajstić information content (AvgIpc) is 2.67. The van der Waals surface area contributed by atoms with Crippen molar-refractivity contribution in [2.75, 3.05) is 7.11 Å². The Morgan fingerprint density at radius 3 is 2.93 bits per heavy atom. The third-order valence-electron chi connectivity index (χ3n) is 2.98. The minimum Gasteiger partial charge on any atom is -0.373 e. The molecule has 0 amide bonds. The summed E-state index contributed by atoms with van der Waals surface area (Å²) in [6.07, 6.45) is 8.65. The van der Waals surface area contributed by atoms with Gasteiger partial charge < -0.3 is 4.74 Å². The lowest BCUT2D eigenvalue weighted by atomic mass is 9.95. The van der Waals surface area contributed by atoms with E-state index in [0.717, 1.165) is 0 Å². The van der Waals surface area contributed by atoms with Crippen molar-refractivity contribution in [1.29, 1.82) is 0 Å². The number of hydrogen-bond donors (Lipinski definition) is 0. The molecule has 2 aliphatic rings. The fraction of sp³-hybridized carbons (Fsp3) is 0.143. The number of rotatable bonds is 1. The van der Waals surface area contributed by atoms with Crippen LogP contribution in [0.25, 0.3) is 11.6 Å². The van der Waals surface area contributed by atoms with Gasteiger partial charge in [-0.2, -0.15) is 0 Å². The SMILES string of the molecule is COC1C=CC=C2C1=Cc1ccccc12. The van der Waals surface area contributed by atoms with E-state index in [1.165, 1.54) is 22.3 Å². The molecular formula is C14H12O. The highest BCUT2D eigenvalue weighted by atomic mass is 16.5. The first-order chi connectivity index (χ1) is 7.40. The van der Waals surface area contributed by atoms with Crippen LogP contribution < -0.4 is 0 Å². The Kier molecular flexibility index (Phi) is 1.86. The van der Waals surface area contributed by atoms with E-state index in [1.54, 1.807) is 7.11 Å². The van der Waals surface area contributed by atoms with Crippen LogP contribution in [0.2, 0.25) is 0 Å². The quantitative estimate of drug-likeness (QED) is 0.670. The van der Waals surface area contributed by atoms with Gasteiger partial charge >= 0.3 is 0 Å². The van der Waals surface area contributed by atoms with Gasteiger partial charge in [-0.1, -0.05) is 42.5 Å². The normalized spacial score (nSPS) is 21.8. The standard InChI is InChI=1S/C14H12O/c1-15-14-8-4-7-12-11-6-3-2-5-10(11)9-13(12)14/h2-9,14H,1H3. The van der Waals surface area contributed by atoms with Gasteiger partial charge in [0.2, 0.25) is 0 Å². The van der Waals surface area contributed by atoms with Crippen LogP contribution in [0.4, 0.5) is 0 Å². The van der Waals surface area contributed by atoms with Gasteiger partial charge in [0.25, 0.3) is 0 Å². The summed E-state index contributed by atoms with van der Waals surface area (Å²) in [4.78, 5) is 0. The molecule has 1 aromatic rings. The molecule has 74 valence electrons. The lowest BCUT2D eigenvalue weighted by Gasteiger charge is -2.17. The minimum atomic E-state index is 0.109. The largest absolute Gasteiger partial charge is 0.373 e. The molecule has 0 saturated heterocycles. The molecule has 2 aliphatic carbocycles. The monoisotopic (exact) mass is 196 g/mol. The summed E-state index contributed by atoms with van der Waals surface area (Å²) in [7, 11) is 1.75. The topological polar surface area (TPSA) is 9.23 Å². The molecule has 3 rings (SSSR count). The molecule has 0 radical (unpaired) electrons. The zero-order valence-corrected chi connectivity index (χ0v) is 8.60. The molecule has 0 spiro atoms. The summed E-state index contributed by atoms with van der Waals surface area (Å²) in [5.41, 5.74) is 5.20. The van der Waals surface area contributed by atoms with E-state index >= 15 is 0 Å². The molecule has 1 atom stereocenters. The van der Waals surface area contributed by atoms with Gasteiger partial charge in [0.1, 0.15) is 6.10 Å². The molecule has 15 heavy (non-hydrogen) atoms. The maximum Gasteiger partial charge on any atom is 0.101 e. The number of ether oxygens (including phenoxy) is 1. The van der Waals surface area contributed by atoms with Crippen molar-refractivity contribution in [1.82, 2.24) is 0 Å². The Bertz CT molecular complexity index is 492. The van der Waals surface area contributed by atoms with E-state index in [0.29, 0.717) is 0 Å². The first-order valence-corrected chi connectivity index (χ1v) is 5.13. The van der Waals surface area contributed by atoms with Crippen LogP contribution in [-0.4, -0.2) is 13.2 Å². The van der Waals surface area contributed by atoms with E-state index in [-0.39, 0.29) is 6.10 Å². The number of hydrogen-bond acceptors (Lipinski definition) is 1. The number of benzene rings is 1. The van der Waals surface area contributed by atoms with Crippen LogP contribution in [0, 0.1) is 0 Å². The van der Waals surface area contributed by atoms with E-state index in [4.69, 9.17) is 4.74 Å². The zero-order chi connectivity index (χ0) is 10.3. The smallest absolute Gasteiger partial charge is 0.101 e. The first kappa shape index (κ1) is 8.69. The van der Waals surface area contributed by atoms with Crippen molar-refractivity contribution in [2.24, 2.45) is 0 Å². The van der Waals surface area contributed by atoms with Gasteiger partial charge in [0.15, 0.2) is 0 Å². The van der Waals surface area contributed by atoms with Crippen molar-refractivity contribution in [3.63, 3.8) is 0 Å². The maximum atomic E-state index is 5.44. The molecule has 1 unspecified atom stereocenters. The van der Waals surface area contributed by atoms with Crippen molar-refractivity contribution >= 4 is 11.6 Å². The number of allylic oxidation sites excluding steroid dienone is 2. The predicted octanol–water partition coefficient (Wildman–Crippen LogP) is 3.05. The van der Waals surface area contributed by atoms with Crippen molar-refractivity contribution in [2.45, 2.75) is 6.10 Å². The zero-order valence-electron chi connectivity index (χ0n) is 8.60. The lowest BCUT2D eigenvalue weighted by molar-refractivity contribution is 0.172. The van der Waals surface area contributed by atoms with E-state index < -0.39 is 0 Å². The molecule has 1 aromatic carbocycles. The van der Waals surface area contributed by atoms with Gasteiger partial charge in [-0.25, -0.2) is 0 Å². The molecule has 1 heteroatoms. The van der Waals surface area contributed by atoms with E-state index in [1.807, 2.05) is 0 Å². The minimum absolute atomic E-state index is 0.109. The predicted molar refractivity (Wildman–Crippen MR) is 62.3 cm³/mol. The molecular weight excluding hydrogens is 184 g/mol. The summed E-state index contributed by atoms with van der Waals surface area (Å²) < 4.78 is 5.44. The summed E-state index contributed by atoms with van der Waals surface area (Å²) >= 11 is 0. The third-order valence-corrected chi connectivity index (χ3v) is 2.98. The fourth-order valence-corrected chi connectivity index (χ4v) is 2.25. The summed E-state index contributed by atoms with van der Waals surface area (Å²) in [6.45, 7) is 0. The van der Waals surface area contributed by atoms with Crippen molar-refractivity contribution < 1.29 is 4.74 Å². The molecule has 0 aliphatic heterocycles. The van der Waals surface area contributed by atoms with Crippen LogP contribution in [0.3, 0.4) is 0 Å². The average molecular weight is 196 g/mol. The second-order valence-corrected chi connectivity index (χ2v) is 3.81. The number of methoxy groups -OCH3 is 1. The van der Waals surface area contributed by atoms with Crippen LogP contribution in [0.15, 0.2) is 48.1 Å². The summed E-state index contributed by atoms with van der Waals surface area (Å²) in [5, 5.41) is 0. The van der Waals surface area contributed by atoms with Crippen LogP contribution in [0.1, 0.15) is 11.1 Å². The number of fused-ring (bicyclic) bond motifs is 3. The Morgan fingerprint density at radius 1 is 1.20 bits per heavy atom. The van der Waals surface area contributed by atoms with E-state index in [2.05, 4.69) is 48.6 Å². The fourth-order valence-electron chi connectivity index (χ4n) is 2.25. The Hall–Kier alpha value is -1.60. The molecule has 0 saturated carbocycles. The molecule has 0 fully saturated rings. The lowest BCUT2D eigenvalue weighted by Crippen LogP contribution is -2.12.